The van der Waals surface area contributed by atoms with Gasteiger partial charge in [-0.05, 0) is 17.4 Å². The minimum atomic E-state index is 0. The minimum Gasteiger partial charge on any atom is -0.358 e. The van der Waals surface area contributed by atoms with E-state index in [0.717, 1.165) is 16.7 Å². The first-order chi connectivity index (χ1) is 9.75. The third kappa shape index (κ3) is 3.30. The van der Waals surface area contributed by atoms with Crippen LogP contribution < -0.4 is 0 Å². The molecule has 0 spiro atoms. The first-order valence-corrected chi connectivity index (χ1v) is 6.96. The van der Waals surface area contributed by atoms with Gasteiger partial charge in [0.2, 0.25) is 0 Å². The number of aromatic nitrogens is 2. The van der Waals surface area contributed by atoms with E-state index in [1.165, 1.54) is 16.3 Å². The fourth-order valence-corrected chi connectivity index (χ4v) is 2.79. The number of pyridine rings is 1. The molecular formula is C19H18IrN2Y-2. The van der Waals surface area contributed by atoms with Crippen LogP contribution in [0, 0.1) is 13.5 Å². The molecule has 2 heterocycles. The van der Waals surface area contributed by atoms with E-state index in [1.807, 2.05) is 12.1 Å². The molecule has 0 amide bonds. The van der Waals surface area contributed by atoms with Crippen LogP contribution in [0.5, 0.6) is 0 Å². The average molecular weight is 555 g/mol. The van der Waals surface area contributed by atoms with Crippen molar-refractivity contribution >= 4 is 27.3 Å². The van der Waals surface area contributed by atoms with E-state index >= 15 is 0 Å². The smallest absolute Gasteiger partial charge is 0.0612 e. The van der Waals surface area contributed by atoms with Crippen molar-refractivity contribution in [1.29, 1.82) is 0 Å². The number of rotatable bonds is 1. The van der Waals surface area contributed by atoms with Gasteiger partial charge in [0.25, 0.3) is 0 Å². The second kappa shape index (κ2) is 7.99. The molecule has 0 bridgehead atoms. The van der Waals surface area contributed by atoms with E-state index in [1.54, 1.807) is 0 Å². The van der Waals surface area contributed by atoms with Crippen LogP contribution in [0.4, 0.5) is 0 Å². The summed E-state index contributed by atoms with van der Waals surface area (Å²) in [6.45, 7) is 4.35. The first kappa shape index (κ1) is 20.4. The summed E-state index contributed by atoms with van der Waals surface area (Å²) in [6.07, 6.45) is 2.16. The van der Waals surface area contributed by atoms with E-state index in [0.29, 0.717) is 5.92 Å². The Balaban J connectivity index is 0.000000882. The van der Waals surface area contributed by atoms with Crippen LogP contribution in [-0.4, -0.2) is 9.38 Å². The average Bonchev–Trinajstić information content (AvgIpc) is 2.93. The monoisotopic (exact) mass is 556 g/mol. The Morgan fingerprint density at radius 2 is 1.74 bits per heavy atom. The Labute approximate surface area is 175 Å². The summed E-state index contributed by atoms with van der Waals surface area (Å²) in [5.74, 6) is 0.424. The van der Waals surface area contributed by atoms with Crippen LogP contribution >= 0.6 is 0 Å². The van der Waals surface area contributed by atoms with Gasteiger partial charge in [0.1, 0.15) is 0 Å². The first-order valence-electron chi connectivity index (χ1n) is 6.96. The maximum Gasteiger partial charge on any atom is 0.0612 e. The normalized spacial score (nSPS) is 10.4. The fourth-order valence-electron chi connectivity index (χ4n) is 2.79. The Morgan fingerprint density at radius 1 is 1.04 bits per heavy atom. The van der Waals surface area contributed by atoms with Gasteiger partial charge in [0.15, 0.2) is 0 Å². The van der Waals surface area contributed by atoms with E-state index < -0.39 is 0 Å². The molecule has 0 N–H and O–H groups in total. The van der Waals surface area contributed by atoms with Crippen molar-refractivity contribution in [2.45, 2.75) is 19.8 Å². The molecule has 4 aromatic rings. The Hall–Kier alpha value is -0.597. The molecule has 4 heteroatoms. The maximum atomic E-state index is 4.82. The quantitative estimate of drug-likeness (QED) is 0.239. The zero-order chi connectivity index (χ0) is 13.7. The predicted molar refractivity (Wildman–Crippen MR) is 89.5 cm³/mol. The molecule has 0 saturated heterocycles. The summed E-state index contributed by atoms with van der Waals surface area (Å²) in [6, 6.07) is 18.0. The van der Waals surface area contributed by atoms with Crippen LogP contribution in [0.3, 0.4) is 0 Å². The van der Waals surface area contributed by atoms with Crippen LogP contribution in [0.2, 0.25) is 0 Å². The molecule has 2 radical (unpaired) electrons. The van der Waals surface area contributed by atoms with Gasteiger partial charge in [-0.2, -0.15) is 0 Å². The molecule has 0 aliphatic heterocycles. The van der Waals surface area contributed by atoms with E-state index in [4.69, 9.17) is 4.98 Å². The second-order valence-corrected chi connectivity index (χ2v) is 5.49. The summed E-state index contributed by atoms with van der Waals surface area (Å²) < 4.78 is 2.20. The standard InChI is InChI=1S/C18H15N2.CH3.Ir.Y/c1-12(2)16-11-20-17-10-6-5-8-14(17)13-7-3-4-9-15(13)18(20)19-16;;;/h3-8,10-12H,1-2H3;1H3;;/q2*-1;;. The van der Waals surface area contributed by atoms with Crippen molar-refractivity contribution in [1.82, 2.24) is 9.38 Å². The minimum absolute atomic E-state index is 0. The van der Waals surface area contributed by atoms with Gasteiger partial charge in [-0.1, -0.05) is 37.4 Å². The number of para-hydroxylation sites is 1. The van der Waals surface area contributed by atoms with Crippen LogP contribution in [0.15, 0.2) is 48.7 Å². The number of imidazole rings is 1. The van der Waals surface area contributed by atoms with Crippen molar-refractivity contribution < 1.29 is 52.8 Å². The number of hydrogen-bond donors (Lipinski definition) is 0. The fraction of sp³-hybridized carbons (Fsp3) is 0.158. The molecule has 0 fully saturated rings. The zero-order valence-corrected chi connectivity index (χ0v) is 18.7. The van der Waals surface area contributed by atoms with Gasteiger partial charge in [0.05, 0.1) is 5.65 Å². The van der Waals surface area contributed by atoms with E-state index in [-0.39, 0.29) is 60.2 Å². The number of fused-ring (bicyclic) bond motifs is 6. The van der Waals surface area contributed by atoms with Crippen molar-refractivity contribution in [3.05, 3.63) is 67.8 Å². The topological polar surface area (TPSA) is 17.3 Å². The predicted octanol–water partition coefficient (Wildman–Crippen LogP) is 5.01. The molecule has 0 aliphatic rings. The maximum absolute atomic E-state index is 4.82. The van der Waals surface area contributed by atoms with Gasteiger partial charge in [-0.15, -0.1) is 29.7 Å². The summed E-state index contributed by atoms with van der Waals surface area (Å²) in [4.78, 5) is 4.82. The van der Waals surface area contributed by atoms with E-state index in [2.05, 4.69) is 60.8 Å². The van der Waals surface area contributed by atoms with Crippen molar-refractivity contribution in [3.63, 3.8) is 0 Å². The molecule has 2 nitrogen and oxygen atoms in total. The third-order valence-corrected chi connectivity index (χ3v) is 3.85. The summed E-state index contributed by atoms with van der Waals surface area (Å²) >= 11 is 0. The van der Waals surface area contributed by atoms with Gasteiger partial charge in [-0.25, -0.2) is 0 Å². The molecule has 23 heavy (non-hydrogen) atoms. The van der Waals surface area contributed by atoms with Crippen molar-refractivity contribution in [3.8, 4) is 0 Å². The Morgan fingerprint density at radius 3 is 2.48 bits per heavy atom. The SMILES string of the molecule is CC(C)c1cn2c3ccccc3c3ccc[c-]c3c2n1.[CH3-].[Ir].[Y]. The second-order valence-electron chi connectivity index (χ2n) is 5.49. The van der Waals surface area contributed by atoms with Crippen LogP contribution in [0.25, 0.3) is 27.3 Å². The van der Waals surface area contributed by atoms with E-state index in [9.17, 15) is 0 Å². The third-order valence-electron chi connectivity index (χ3n) is 3.85. The molecule has 0 aliphatic carbocycles. The van der Waals surface area contributed by atoms with Gasteiger partial charge in [0, 0.05) is 70.2 Å². The van der Waals surface area contributed by atoms with Crippen LogP contribution in [0.1, 0.15) is 25.5 Å². The van der Waals surface area contributed by atoms with Crippen molar-refractivity contribution in [2.24, 2.45) is 0 Å². The van der Waals surface area contributed by atoms with Crippen LogP contribution in [-0.2, 0) is 52.8 Å². The summed E-state index contributed by atoms with van der Waals surface area (Å²) in [5.41, 5.74) is 3.33. The van der Waals surface area contributed by atoms with Gasteiger partial charge < -0.3 is 11.8 Å². The number of nitrogens with zero attached hydrogens (tertiary/aromatic N) is 2. The molecule has 2 aromatic heterocycles. The molecule has 118 valence electrons. The molecular weight excluding hydrogens is 537 g/mol. The largest absolute Gasteiger partial charge is 0.358 e. The molecule has 2 aromatic carbocycles. The molecule has 0 unspecified atom stereocenters. The number of hydrogen-bond acceptors (Lipinski definition) is 1. The summed E-state index contributed by atoms with van der Waals surface area (Å²) in [5, 5.41) is 3.56. The summed E-state index contributed by atoms with van der Waals surface area (Å²) in [7, 11) is 0. The van der Waals surface area contributed by atoms with Crippen molar-refractivity contribution in [2.75, 3.05) is 0 Å². The van der Waals surface area contributed by atoms with Gasteiger partial charge >= 0.3 is 0 Å². The Bertz CT molecular complexity index is 871. The zero-order valence-electron chi connectivity index (χ0n) is 13.5. The molecule has 4 rings (SSSR count). The molecule has 0 saturated carbocycles. The number of benzene rings is 2. The Kier molecular flexibility index (Phi) is 7.10. The molecule has 0 atom stereocenters. The van der Waals surface area contributed by atoms with Gasteiger partial charge in [-0.3, -0.25) is 4.98 Å².